The Morgan fingerprint density at radius 3 is 3.00 bits per heavy atom. The number of benzene rings is 1. The Labute approximate surface area is 133 Å². The topological polar surface area (TPSA) is 75.7 Å². The quantitative estimate of drug-likeness (QED) is 0.774. The number of hydrogen-bond donors (Lipinski definition) is 2. The van der Waals surface area contributed by atoms with Crippen LogP contribution >= 0.6 is 0 Å². The second-order valence-electron chi connectivity index (χ2n) is 5.59. The summed E-state index contributed by atoms with van der Waals surface area (Å²) in [6, 6.07) is 13.9. The standard InChI is InChI=1S/C17H17N5O/c1-2-7-15-13(5-1)9-12(11-23-15)10-19-17-20-16(21-22-17)14-6-3-4-8-18-14/h1-8,12H,9-11H2,(H2,19,20,21,22). The van der Waals surface area contributed by atoms with Gasteiger partial charge in [0, 0.05) is 18.7 Å². The number of fused-ring (bicyclic) bond motifs is 1. The first kappa shape index (κ1) is 13.8. The van der Waals surface area contributed by atoms with Gasteiger partial charge in [-0.1, -0.05) is 24.3 Å². The Bertz CT molecular complexity index is 786. The highest BCUT2D eigenvalue weighted by atomic mass is 16.5. The van der Waals surface area contributed by atoms with Crippen LogP contribution in [0.1, 0.15) is 5.56 Å². The molecule has 1 aliphatic heterocycles. The van der Waals surface area contributed by atoms with Crippen molar-refractivity contribution in [1.82, 2.24) is 20.2 Å². The second kappa shape index (κ2) is 6.08. The number of nitrogens with one attached hydrogen (secondary N) is 2. The molecule has 0 saturated carbocycles. The number of H-pyrrole nitrogens is 1. The van der Waals surface area contributed by atoms with Crippen molar-refractivity contribution in [2.24, 2.45) is 5.92 Å². The highest BCUT2D eigenvalue weighted by molar-refractivity contribution is 5.50. The van der Waals surface area contributed by atoms with Crippen LogP contribution in [0.3, 0.4) is 0 Å². The van der Waals surface area contributed by atoms with Crippen molar-refractivity contribution in [2.45, 2.75) is 6.42 Å². The molecule has 6 heteroatoms. The molecule has 0 aliphatic carbocycles. The minimum atomic E-state index is 0.404. The fourth-order valence-corrected chi connectivity index (χ4v) is 2.72. The SMILES string of the molecule is c1ccc(-c2nc(NCC3COc4ccccc4C3)n[nH]2)nc1. The molecule has 3 heterocycles. The molecule has 0 amide bonds. The molecule has 3 aromatic rings. The average molecular weight is 307 g/mol. The van der Waals surface area contributed by atoms with E-state index in [4.69, 9.17) is 4.74 Å². The maximum Gasteiger partial charge on any atom is 0.242 e. The van der Waals surface area contributed by atoms with Crippen molar-refractivity contribution in [2.75, 3.05) is 18.5 Å². The zero-order chi connectivity index (χ0) is 15.5. The minimum absolute atomic E-state index is 0.404. The second-order valence-corrected chi connectivity index (χ2v) is 5.59. The van der Waals surface area contributed by atoms with E-state index >= 15 is 0 Å². The average Bonchev–Trinajstić information content (AvgIpc) is 3.10. The number of anilines is 1. The number of aromatic amines is 1. The van der Waals surface area contributed by atoms with Crippen molar-refractivity contribution in [3.8, 4) is 17.3 Å². The molecule has 1 unspecified atom stereocenters. The maximum atomic E-state index is 5.80. The summed E-state index contributed by atoms with van der Waals surface area (Å²) >= 11 is 0. The molecule has 2 aromatic heterocycles. The summed E-state index contributed by atoms with van der Waals surface area (Å²) in [7, 11) is 0. The van der Waals surface area contributed by atoms with Crippen molar-refractivity contribution < 1.29 is 4.74 Å². The van der Waals surface area contributed by atoms with Gasteiger partial charge in [0.15, 0.2) is 5.82 Å². The van der Waals surface area contributed by atoms with Crippen LogP contribution in [0.2, 0.25) is 0 Å². The van der Waals surface area contributed by atoms with Gasteiger partial charge < -0.3 is 10.1 Å². The van der Waals surface area contributed by atoms with Gasteiger partial charge in [0.2, 0.25) is 5.95 Å². The minimum Gasteiger partial charge on any atom is -0.493 e. The Balaban J connectivity index is 1.38. The van der Waals surface area contributed by atoms with Gasteiger partial charge in [0.25, 0.3) is 0 Å². The van der Waals surface area contributed by atoms with Crippen LogP contribution in [0.4, 0.5) is 5.95 Å². The van der Waals surface area contributed by atoms with Crippen molar-refractivity contribution >= 4 is 5.95 Å². The number of nitrogens with zero attached hydrogens (tertiary/aromatic N) is 3. The normalized spacial score (nSPS) is 16.4. The molecule has 0 spiro atoms. The lowest BCUT2D eigenvalue weighted by Crippen LogP contribution is -2.27. The van der Waals surface area contributed by atoms with Crippen LogP contribution in [0, 0.1) is 5.92 Å². The van der Waals surface area contributed by atoms with E-state index in [-0.39, 0.29) is 0 Å². The van der Waals surface area contributed by atoms with Crippen LogP contribution in [0.15, 0.2) is 48.7 Å². The number of rotatable bonds is 4. The van der Waals surface area contributed by atoms with Gasteiger partial charge in [-0.05, 0) is 30.2 Å². The molecule has 1 aliphatic rings. The van der Waals surface area contributed by atoms with E-state index in [0.717, 1.165) is 24.4 Å². The molecule has 0 bridgehead atoms. The maximum absolute atomic E-state index is 5.80. The van der Waals surface area contributed by atoms with Crippen molar-refractivity contribution in [1.29, 1.82) is 0 Å². The van der Waals surface area contributed by atoms with Crippen molar-refractivity contribution in [3.63, 3.8) is 0 Å². The van der Waals surface area contributed by atoms with Gasteiger partial charge in [-0.25, -0.2) is 0 Å². The fourth-order valence-electron chi connectivity index (χ4n) is 2.72. The van der Waals surface area contributed by atoms with E-state index in [1.165, 1.54) is 5.56 Å². The zero-order valence-corrected chi connectivity index (χ0v) is 12.6. The Kier molecular flexibility index (Phi) is 3.63. The van der Waals surface area contributed by atoms with Gasteiger partial charge in [-0.2, -0.15) is 4.98 Å². The summed E-state index contributed by atoms with van der Waals surface area (Å²) in [6.07, 6.45) is 2.74. The lowest BCUT2D eigenvalue weighted by molar-refractivity contribution is 0.229. The molecule has 0 fully saturated rings. The highest BCUT2D eigenvalue weighted by Crippen LogP contribution is 2.26. The predicted octanol–water partition coefficient (Wildman–Crippen LogP) is 2.53. The van der Waals surface area contributed by atoms with Gasteiger partial charge in [0.1, 0.15) is 11.4 Å². The summed E-state index contributed by atoms with van der Waals surface area (Å²) in [6.45, 7) is 1.48. The van der Waals surface area contributed by atoms with Gasteiger partial charge in [-0.3, -0.25) is 10.1 Å². The third-order valence-electron chi connectivity index (χ3n) is 3.90. The largest absolute Gasteiger partial charge is 0.493 e. The van der Waals surface area contributed by atoms with Crippen LogP contribution in [-0.2, 0) is 6.42 Å². The van der Waals surface area contributed by atoms with Gasteiger partial charge >= 0.3 is 0 Å². The lowest BCUT2D eigenvalue weighted by atomic mass is 9.97. The molecule has 4 rings (SSSR count). The lowest BCUT2D eigenvalue weighted by Gasteiger charge is -2.25. The van der Waals surface area contributed by atoms with Crippen LogP contribution in [-0.4, -0.2) is 33.3 Å². The summed E-state index contributed by atoms with van der Waals surface area (Å²) in [4.78, 5) is 8.68. The van der Waals surface area contributed by atoms with E-state index in [9.17, 15) is 0 Å². The highest BCUT2D eigenvalue weighted by Gasteiger charge is 2.19. The molecule has 2 N–H and O–H groups in total. The Morgan fingerprint density at radius 2 is 2.09 bits per heavy atom. The fraction of sp³-hybridized carbons (Fsp3) is 0.235. The number of ether oxygens (including phenoxy) is 1. The molecule has 0 saturated heterocycles. The van der Waals surface area contributed by atoms with E-state index in [1.54, 1.807) is 6.20 Å². The smallest absolute Gasteiger partial charge is 0.242 e. The third kappa shape index (κ3) is 3.01. The number of para-hydroxylation sites is 1. The van der Waals surface area contributed by atoms with E-state index in [1.807, 2.05) is 36.4 Å². The van der Waals surface area contributed by atoms with Crippen molar-refractivity contribution in [3.05, 3.63) is 54.2 Å². The number of pyridine rings is 1. The van der Waals surface area contributed by atoms with Crippen LogP contribution < -0.4 is 10.1 Å². The predicted molar refractivity (Wildman–Crippen MR) is 87.2 cm³/mol. The van der Waals surface area contributed by atoms with E-state index in [2.05, 4.69) is 31.5 Å². The molecule has 116 valence electrons. The Hall–Kier alpha value is -2.89. The molecule has 6 nitrogen and oxygen atoms in total. The number of aromatic nitrogens is 4. The summed E-state index contributed by atoms with van der Waals surface area (Å²) < 4.78 is 5.80. The summed E-state index contributed by atoms with van der Waals surface area (Å²) in [5.41, 5.74) is 2.04. The van der Waals surface area contributed by atoms with E-state index in [0.29, 0.717) is 24.3 Å². The number of hydrogen-bond acceptors (Lipinski definition) is 5. The molecular formula is C17H17N5O. The molecule has 1 aromatic carbocycles. The van der Waals surface area contributed by atoms with E-state index < -0.39 is 0 Å². The summed E-state index contributed by atoms with van der Waals surface area (Å²) in [5, 5.41) is 10.4. The van der Waals surface area contributed by atoms with Gasteiger partial charge in [0.05, 0.1) is 6.61 Å². The molecule has 23 heavy (non-hydrogen) atoms. The van der Waals surface area contributed by atoms with Crippen LogP contribution in [0.5, 0.6) is 5.75 Å². The molecular weight excluding hydrogens is 290 g/mol. The molecule has 1 atom stereocenters. The summed E-state index contributed by atoms with van der Waals surface area (Å²) in [5.74, 6) is 2.66. The third-order valence-corrected chi connectivity index (χ3v) is 3.90. The first-order valence-electron chi connectivity index (χ1n) is 7.67. The first-order valence-corrected chi connectivity index (χ1v) is 7.67. The first-order chi connectivity index (χ1) is 11.4. The van der Waals surface area contributed by atoms with Gasteiger partial charge in [-0.15, -0.1) is 5.10 Å². The zero-order valence-electron chi connectivity index (χ0n) is 12.6. The monoisotopic (exact) mass is 307 g/mol. The van der Waals surface area contributed by atoms with Crippen LogP contribution in [0.25, 0.3) is 11.5 Å². The molecule has 0 radical (unpaired) electrons. The Morgan fingerprint density at radius 1 is 1.17 bits per heavy atom.